The number of likely N-dealkylation sites (N-methyl/N-ethyl adjacent to an activating group) is 1. The molecule has 1 heterocycles. The Morgan fingerprint density at radius 3 is 2.52 bits per heavy atom. The minimum Gasteiger partial charge on any atom is -0.481 e. The number of ether oxygens (including phenoxy) is 1. The summed E-state index contributed by atoms with van der Waals surface area (Å²) in [6, 6.07) is -0.348. The molecule has 1 rings (SSSR count). The van der Waals surface area contributed by atoms with E-state index in [-0.39, 0.29) is 18.7 Å². The fraction of sp³-hybridized carbons (Fsp3) is 0.857. The molecule has 0 aromatic rings. The third kappa shape index (κ3) is 5.17. The van der Waals surface area contributed by atoms with Crippen molar-refractivity contribution >= 4 is 12.0 Å². The molecule has 0 radical (unpaired) electrons. The highest BCUT2D eigenvalue weighted by molar-refractivity contribution is 5.78. The van der Waals surface area contributed by atoms with Gasteiger partial charge in [-0.05, 0) is 19.9 Å². The molecule has 0 saturated carbocycles. The Morgan fingerprint density at radius 2 is 2.00 bits per heavy atom. The summed E-state index contributed by atoms with van der Waals surface area (Å²) in [4.78, 5) is 25.3. The fourth-order valence-electron chi connectivity index (χ4n) is 2.39. The number of nitrogens with one attached hydrogen (secondary N) is 2. The predicted octanol–water partition coefficient (Wildman–Crippen LogP) is 0.507. The normalized spacial score (nSPS) is 20.0. The number of carboxylic acid groups (broad SMARTS) is 1. The van der Waals surface area contributed by atoms with Crippen LogP contribution in [0.4, 0.5) is 4.79 Å². The summed E-state index contributed by atoms with van der Waals surface area (Å²) in [6.45, 7) is 6.55. The van der Waals surface area contributed by atoms with Crippen LogP contribution in [0, 0.1) is 5.41 Å². The van der Waals surface area contributed by atoms with Gasteiger partial charge in [0.15, 0.2) is 0 Å². The molecular formula is C14H27N3O4. The molecule has 3 N–H and O–H groups in total. The van der Waals surface area contributed by atoms with Gasteiger partial charge in [0, 0.05) is 26.2 Å². The van der Waals surface area contributed by atoms with Gasteiger partial charge in [0.2, 0.25) is 0 Å². The van der Waals surface area contributed by atoms with Crippen molar-refractivity contribution in [3.8, 4) is 0 Å². The zero-order valence-corrected chi connectivity index (χ0v) is 13.1. The first-order valence-electron chi connectivity index (χ1n) is 7.48. The van der Waals surface area contributed by atoms with E-state index in [1.807, 2.05) is 20.9 Å². The quantitative estimate of drug-likeness (QED) is 0.637. The summed E-state index contributed by atoms with van der Waals surface area (Å²) >= 11 is 0. The van der Waals surface area contributed by atoms with Crippen LogP contribution in [0.2, 0.25) is 0 Å². The molecule has 0 aromatic carbocycles. The lowest BCUT2D eigenvalue weighted by molar-refractivity contribution is -0.149. The molecule has 0 spiro atoms. The number of nitrogens with zero attached hydrogens (tertiary/aromatic N) is 1. The summed E-state index contributed by atoms with van der Waals surface area (Å²) in [6.07, 6.45) is 0.946. The second kappa shape index (κ2) is 8.19. The smallest absolute Gasteiger partial charge is 0.314 e. The Morgan fingerprint density at radius 1 is 1.33 bits per heavy atom. The molecule has 1 unspecified atom stereocenters. The minimum atomic E-state index is -0.890. The molecule has 7 heteroatoms. The highest BCUT2D eigenvalue weighted by Gasteiger charge is 2.35. The van der Waals surface area contributed by atoms with Crippen molar-refractivity contribution in [3.05, 3.63) is 0 Å². The maximum Gasteiger partial charge on any atom is 0.314 e. The first-order chi connectivity index (χ1) is 9.93. The van der Waals surface area contributed by atoms with Crippen LogP contribution < -0.4 is 10.6 Å². The molecule has 0 bridgehead atoms. The van der Waals surface area contributed by atoms with Crippen LogP contribution in [0.15, 0.2) is 0 Å². The topological polar surface area (TPSA) is 90.9 Å². The molecule has 21 heavy (non-hydrogen) atoms. The maximum atomic E-state index is 11.8. The van der Waals surface area contributed by atoms with E-state index in [2.05, 4.69) is 15.5 Å². The number of aliphatic carboxylic acids is 1. The number of carboxylic acids is 1. The SMILES string of the molecule is CCC(CC)(CNC(=O)NCC1CN(C)CCO1)C(=O)O. The van der Waals surface area contributed by atoms with Gasteiger partial charge in [-0.15, -0.1) is 0 Å². The monoisotopic (exact) mass is 301 g/mol. The fourth-order valence-corrected chi connectivity index (χ4v) is 2.39. The lowest BCUT2D eigenvalue weighted by Gasteiger charge is -2.30. The van der Waals surface area contributed by atoms with Crippen LogP contribution in [-0.2, 0) is 9.53 Å². The average molecular weight is 301 g/mol. The van der Waals surface area contributed by atoms with Crippen molar-refractivity contribution in [2.75, 3.05) is 39.8 Å². The lowest BCUT2D eigenvalue weighted by Crippen LogP contribution is -2.50. The number of rotatable bonds is 7. The van der Waals surface area contributed by atoms with E-state index in [0.29, 0.717) is 26.0 Å². The molecule has 1 aliphatic heterocycles. The molecular weight excluding hydrogens is 274 g/mol. The highest BCUT2D eigenvalue weighted by atomic mass is 16.5. The molecule has 1 atom stereocenters. The molecule has 0 aromatic heterocycles. The molecule has 1 aliphatic rings. The number of hydrogen-bond donors (Lipinski definition) is 3. The van der Waals surface area contributed by atoms with Gasteiger partial charge in [0.05, 0.1) is 18.1 Å². The Kier molecular flexibility index (Phi) is 6.91. The zero-order valence-electron chi connectivity index (χ0n) is 13.1. The average Bonchev–Trinajstić information content (AvgIpc) is 2.46. The first-order valence-corrected chi connectivity index (χ1v) is 7.48. The molecule has 1 fully saturated rings. The van der Waals surface area contributed by atoms with Gasteiger partial charge in [0.1, 0.15) is 0 Å². The van der Waals surface area contributed by atoms with E-state index >= 15 is 0 Å². The zero-order chi connectivity index (χ0) is 15.9. The molecule has 2 amide bonds. The maximum absolute atomic E-state index is 11.8. The van der Waals surface area contributed by atoms with Crippen molar-refractivity contribution in [1.29, 1.82) is 0 Å². The van der Waals surface area contributed by atoms with Crippen LogP contribution in [0.25, 0.3) is 0 Å². The van der Waals surface area contributed by atoms with Crippen LogP contribution >= 0.6 is 0 Å². The van der Waals surface area contributed by atoms with Crippen molar-refractivity contribution in [2.24, 2.45) is 5.41 Å². The number of urea groups is 1. The van der Waals surface area contributed by atoms with Gasteiger partial charge in [-0.1, -0.05) is 13.8 Å². The van der Waals surface area contributed by atoms with Gasteiger partial charge in [0.25, 0.3) is 0 Å². The first kappa shape index (κ1) is 17.7. The largest absolute Gasteiger partial charge is 0.481 e. The van der Waals surface area contributed by atoms with Crippen LogP contribution in [-0.4, -0.2) is 67.9 Å². The van der Waals surface area contributed by atoms with E-state index in [0.717, 1.165) is 13.1 Å². The van der Waals surface area contributed by atoms with Crippen molar-refractivity contribution < 1.29 is 19.4 Å². The van der Waals surface area contributed by atoms with Crippen molar-refractivity contribution in [3.63, 3.8) is 0 Å². The molecule has 7 nitrogen and oxygen atoms in total. The molecule has 122 valence electrons. The van der Waals surface area contributed by atoms with Crippen LogP contribution in [0.1, 0.15) is 26.7 Å². The Bertz CT molecular complexity index is 358. The Labute approximate surface area is 126 Å². The standard InChI is InChI=1S/C14H27N3O4/c1-4-14(5-2,12(18)19)10-16-13(20)15-8-11-9-17(3)6-7-21-11/h11H,4-10H2,1-3H3,(H,18,19)(H2,15,16,20). The number of hydrogen-bond acceptors (Lipinski definition) is 4. The third-order valence-electron chi connectivity index (χ3n) is 4.23. The van der Waals surface area contributed by atoms with E-state index in [9.17, 15) is 14.7 Å². The number of morpholine rings is 1. The Balaban J connectivity index is 2.34. The van der Waals surface area contributed by atoms with E-state index in [1.54, 1.807) is 0 Å². The minimum absolute atomic E-state index is 0.0175. The van der Waals surface area contributed by atoms with Gasteiger partial charge in [-0.3, -0.25) is 4.79 Å². The van der Waals surface area contributed by atoms with Crippen LogP contribution in [0.5, 0.6) is 0 Å². The number of carbonyl (C=O) groups excluding carboxylic acids is 1. The summed E-state index contributed by atoms with van der Waals surface area (Å²) in [7, 11) is 2.01. The Hall–Kier alpha value is -1.34. The summed E-state index contributed by atoms with van der Waals surface area (Å²) in [5.41, 5.74) is -0.890. The van der Waals surface area contributed by atoms with Crippen molar-refractivity contribution in [2.45, 2.75) is 32.8 Å². The molecule has 0 aliphatic carbocycles. The van der Waals surface area contributed by atoms with E-state index in [1.165, 1.54) is 0 Å². The second-order valence-electron chi connectivity index (χ2n) is 5.61. The van der Waals surface area contributed by atoms with Gasteiger partial charge in [-0.25, -0.2) is 4.79 Å². The summed E-state index contributed by atoms with van der Waals surface area (Å²) < 4.78 is 5.55. The number of amides is 2. The van der Waals surface area contributed by atoms with Gasteiger partial charge in [-0.2, -0.15) is 0 Å². The predicted molar refractivity (Wildman–Crippen MR) is 79.3 cm³/mol. The summed E-state index contributed by atoms with van der Waals surface area (Å²) in [5, 5.41) is 14.7. The van der Waals surface area contributed by atoms with E-state index < -0.39 is 11.4 Å². The van der Waals surface area contributed by atoms with E-state index in [4.69, 9.17) is 4.74 Å². The third-order valence-corrected chi connectivity index (χ3v) is 4.23. The summed E-state index contributed by atoms with van der Waals surface area (Å²) in [5.74, 6) is -0.870. The van der Waals surface area contributed by atoms with Crippen molar-refractivity contribution in [1.82, 2.24) is 15.5 Å². The van der Waals surface area contributed by atoms with Gasteiger partial charge < -0.3 is 25.4 Å². The highest BCUT2D eigenvalue weighted by Crippen LogP contribution is 2.25. The van der Waals surface area contributed by atoms with Crippen LogP contribution in [0.3, 0.4) is 0 Å². The molecule has 1 saturated heterocycles. The lowest BCUT2D eigenvalue weighted by atomic mass is 9.82. The second-order valence-corrected chi connectivity index (χ2v) is 5.61. The van der Waals surface area contributed by atoms with Gasteiger partial charge >= 0.3 is 12.0 Å². The number of carbonyl (C=O) groups is 2.